The maximum atomic E-state index is 12.8. The first kappa shape index (κ1) is 22.6. The van der Waals surface area contributed by atoms with E-state index in [1.54, 1.807) is 30.0 Å². The van der Waals surface area contributed by atoms with Crippen molar-refractivity contribution in [1.82, 2.24) is 9.88 Å². The Morgan fingerprint density at radius 3 is 2.64 bits per heavy atom. The highest BCUT2D eigenvalue weighted by atomic mass is 19.4. The average molecular weight is 462 g/mol. The standard InChI is InChI=1S/C22H21F3N4O4/c1-13-11-28(6-7-29(13)19-5-3-15(10-26-19)22(23,24)25)21(32)20(31)27-16-4-2-14-8-17(30)12-33-18(14)9-16/h2-5,9-10,13H,6-8,11-12H2,1H3,(H,27,31)/t13-/m1/s1. The molecule has 0 radical (unpaired) electrons. The number of ketones is 1. The molecule has 1 aromatic heterocycles. The third kappa shape index (κ3) is 4.91. The summed E-state index contributed by atoms with van der Waals surface area (Å²) in [7, 11) is 0. The van der Waals surface area contributed by atoms with Crippen molar-refractivity contribution in [1.29, 1.82) is 0 Å². The number of fused-ring (bicyclic) bond motifs is 1. The van der Waals surface area contributed by atoms with Crippen molar-refractivity contribution >= 4 is 29.1 Å². The van der Waals surface area contributed by atoms with Gasteiger partial charge in [0.2, 0.25) is 0 Å². The molecule has 0 unspecified atom stereocenters. The number of alkyl halides is 3. The van der Waals surface area contributed by atoms with Crippen LogP contribution in [0, 0.1) is 0 Å². The number of Topliss-reactive ketones (excluding diaryl/α,β-unsaturated/α-hetero) is 1. The van der Waals surface area contributed by atoms with Gasteiger partial charge < -0.3 is 19.9 Å². The molecule has 1 N–H and O–H groups in total. The van der Waals surface area contributed by atoms with Gasteiger partial charge in [0.15, 0.2) is 5.78 Å². The highest BCUT2D eigenvalue weighted by Crippen LogP contribution is 2.30. The molecule has 0 saturated carbocycles. The van der Waals surface area contributed by atoms with Crippen molar-refractivity contribution in [2.75, 3.05) is 36.5 Å². The molecular formula is C22H21F3N4O4. The third-order valence-electron chi connectivity index (χ3n) is 5.58. The van der Waals surface area contributed by atoms with Crippen LogP contribution < -0.4 is 15.0 Å². The van der Waals surface area contributed by atoms with E-state index in [4.69, 9.17) is 4.74 Å². The van der Waals surface area contributed by atoms with Crippen LogP contribution in [0.2, 0.25) is 0 Å². The number of halogens is 3. The number of hydrogen-bond acceptors (Lipinski definition) is 6. The Balaban J connectivity index is 1.36. The van der Waals surface area contributed by atoms with Crippen molar-refractivity contribution in [3.8, 4) is 5.75 Å². The molecule has 2 amide bonds. The van der Waals surface area contributed by atoms with Crippen LogP contribution in [0.3, 0.4) is 0 Å². The first-order chi connectivity index (χ1) is 15.6. The summed E-state index contributed by atoms with van der Waals surface area (Å²) in [5.74, 6) is -0.689. The fourth-order valence-corrected chi connectivity index (χ4v) is 3.87. The largest absolute Gasteiger partial charge is 0.485 e. The first-order valence-corrected chi connectivity index (χ1v) is 10.3. The van der Waals surface area contributed by atoms with Gasteiger partial charge in [-0.05, 0) is 25.1 Å². The van der Waals surface area contributed by atoms with Crippen LogP contribution in [0.4, 0.5) is 24.7 Å². The summed E-state index contributed by atoms with van der Waals surface area (Å²) in [5.41, 5.74) is 0.267. The number of benzene rings is 1. The van der Waals surface area contributed by atoms with Crippen molar-refractivity contribution < 1.29 is 32.3 Å². The molecule has 2 aliphatic rings. The molecule has 2 aliphatic heterocycles. The van der Waals surface area contributed by atoms with Gasteiger partial charge in [-0.15, -0.1) is 0 Å². The predicted molar refractivity (Wildman–Crippen MR) is 112 cm³/mol. The Morgan fingerprint density at radius 1 is 1.18 bits per heavy atom. The number of pyridine rings is 1. The summed E-state index contributed by atoms with van der Waals surface area (Å²) in [5, 5.41) is 2.55. The molecule has 33 heavy (non-hydrogen) atoms. The van der Waals surface area contributed by atoms with Gasteiger partial charge in [0.1, 0.15) is 18.2 Å². The van der Waals surface area contributed by atoms with Crippen LogP contribution in [0.5, 0.6) is 5.75 Å². The minimum absolute atomic E-state index is 0.0285. The Labute approximate surface area is 187 Å². The van der Waals surface area contributed by atoms with E-state index >= 15 is 0 Å². The number of nitrogens with zero attached hydrogens (tertiary/aromatic N) is 3. The van der Waals surface area contributed by atoms with Crippen LogP contribution in [-0.2, 0) is 27.0 Å². The highest BCUT2D eigenvalue weighted by molar-refractivity contribution is 6.39. The van der Waals surface area contributed by atoms with Crippen molar-refractivity contribution in [3.63, 3.8) is 0 Å². The molecule has 2 aromatic rings. The fraction of sp³-hybridized carbons (Fsp3) is 0.364. The molecule has 1 saturated heterocycles. The summed E-state index contributed by atoms with van der Waals surface area (Å²) in [6.07, 6.45) is -3.42. The van der Waals surface area contributed by atoms with Gasteiger partial charge in [-0.3, -0.25) is 14.4 Å². The molecule has 0 aliphatic carbocycles. The lowest BCUT2D eigenvalue weighted by Gasteiger charge is -2.40. The summed E-state index contributed by atoms with van der Waals surface area (Å²) in [6, 6.07) is 6.86. The number of nitrogens with one attached hydrogen (secondary N) is 1. The number of rotatable bonds is 2. The van der Waals surface area contributed by atoms with Gasteiger partial charge in [0, 0.05) is 55.6 Å². The monoisotopic (exact) mass is 462 g/mol. The SMILES string of the molecule is C[C@@H]1CN(C(=O)C(=O)Nc2ccc3c(c2)OCC(=O)C3)CCN1c1ccc(C(F)(F)F)cn1. The summed E-state index contributed by atoms with van der Waals surface area (Å²) >= 11 is 0. The second kappa shape index (κ2) is 8.72. The van der Waals surface area contributed by atoms with E-state index in [-0.39, 0.29) is 37.9 Å². The first-order valence-electron chi connectivity index (χ1n) is 10.3. The highest BCUT2D eigenvalue weighted by Gasteiger charge is 2.33. The molecule has 1 aromatic carbocycles. The zero-order valence-corrected chi connectivity index (χ0v) is 17.7. The van der Waals surface area contributed by atoms with E-state index in [0.29, 0.717) is 23.8 Å². The van der Waals surface area contributed by atoms with Gasteiger partial charge in [0.05, 0.1) is 5.56 Å². The van der Waals surface area contributed by atoms with E-state index < -0.39 is 23.6 Å². The third-order valence-corrected chi connectivity index (χ3v) is 5.58. The van der Waals surface area contributed by atoms with E-state index in [1.165, 1.54) is 11.0 Å². The minimum Gasteiger partial charge on any atom is -0.485 e. The summed E-state index contributed by atoms with van der Waals surface area (Å²) < 4.78 is 43.6. The van der Waals surface area contributed by atoms with Gasteiger partial charge in [-0.25, -0.2) is 4.98 Å². The van der Waals surface area contributed by atoms with Crippen LogP contribution >= 0.6 is 0 Å². The number of carbonyl (C=O) groups is 3. The maximum Gasteiger partial charge on any atom is 0.417 e. The fourth-order valence-electron chi connectivity index (χ4n) is 3.87. The van der Waals surface area contributed by atoms with E-state index in [0.717, 1.165) is 17.8 Å². The molecule has 8 nitrogen and oxygen atoms in total. The molecule has 0 spiro atoms. The molecular weight excluding hydrogens is 441 g/mol. The number of hydrogen-bond donors (Lipinski definition) is 1. The predicted octanol–water partition coefficient (Wildman–Crippen LogP) is 2.28. The van der Waals surface area contributed by atoms with Gasteiger partial charge >= 0.3 is 18.0 Å². The molecule has 1 atom stereocenters. The van der Waals surface area contributed by atoms with Crippen molar-refractivity contribution in [2.45, 2.75) is 25.6 Å². The zero-order valence-electron chi connectivity index (χ0n) is 17.7. The summed E-state index contributed by atoms with van der Waals surface area (Å²) in [6.45, 7) is 2.52. The molecule has 174 valence electrons. The van der Waals surface area contributed by atoms with E-state index in [1.807, 2.05) is 0 Å². The number of carbonyl (C=O) groups excluding carboxylic acids is 3. The number of aromatic nitrogens is 1. The number of piperazine rings is 1. The Bertz CT molecular complexity index is 1090. The molecule has 0 bridgehead atoms. The minimum atomic E-state index is -4.46. The summed E-state index contributed by atoms with van der Waals surface area (Å²) in [4.78, 5) is 43.7. The van der Waals surface area contributed by atoms with Gasteiger partial charge in [-0.1, -0.05) is 6.07 Å². The molecule has 11 heteroatoms. The molecule has 3 heterocycles. The number of ether oxygens (including phenoxy) is 1. The average Bonchev–Trinajstić information content (AvgIpc) is 2.78. The lowest BCUT2D eigenvalue weighted by atomic mass is 10.1. The Kier molecular flexibility index (Phi) is 5.96. The molecule has 1 fully saturated rings. The Morgan fingerprint density at radius 2 is 1.97 bits per heavy atom. The van der Waals surface area contributed by atoms with Crippen molar-refractivity contribution in [2.24, 2.45) is 0 Å². The Hall–Kier alpha value is -3.63. The van der Waals surface area contributed by atoms with Crippen LogP contribution in [0.1, 0.15) is 18.1 Å². The van der Waals surface area contributed by atoms with Crippen LogP contribution in [0.25, 0.3) is 0 Å². The lowest BCUT2D eigenvalue weighted by molar-refractivity contribution is -0.143. The zero-order chi connectivity index (χ0) is 23.8. The maximum absolute atomic E-state index is 12.8. The normalized spacial score (nSPS) is 18.4. The second-order valence-electron chi connectivity index (χ2n) is 7.98. The smallest absolute Gasteiger partial charge is 0.417 e. The van der Waals surface area contributed by atoms with E-state index in [9.17, 15) is 27.6 Å². The van der Waals surface area contributed by atoms with E-state index in [2.05, 4.69) is 10.3 Å². The van der Waals surface area contributed by atoms with Gasteiger partial charge in [-0.2, -0.15) is 13.2 Å². The lowest BCUT2D eigenvalue weighted by Crippen LogP contribution is -2.56. The molecule has 4 rings (SSSR count). The number of amides is 2. The van der Waals surface area contributed by atoms with Gasteiger partial charge in [0.25, 0.3) is 0 Å². The van der Waals surface area contributed by atoms with Crippen molar-refractivity contribution in [3.05, 3.63) is 47.7 Å². The number of anilines is 2. The van der Waals surface area contributed by atoms with Crippen LogP contribution in [-0.4, -0.2) is 59.8 Å². The van der Waals surface area contributed by atoms with Crippen LogP contribution in [0.15, 0.2) is 36.5 Å². The second-order valence-corrected chi connectivity index (χ2v) is 7.98. The quantitative estimate of drug-likeness (QED) is 0.689. The topological polar surface area (TPSA) is 91.8 Å².